The van der Waals surface area contributed by atoms with E-state index in [-0.39, 0.29) is 6.61 Å². The third-order valence-electron chi connectivity index (χ3n) is 4.60. The number of likely N-dealkylation sites (tertiary alicyclic amines) is 1. The summed E-state index contributed by atoms with van der Waals surface area (Å²) >= 11 is 2.03. The normalized spacial score (nSPS) is 16.6. The van der Waals surface area contributed by atoms with Crippen LogP contribution in [0.5, 0.6) is 0 Å². The molecule has 0 bridgehead atoms. The monoisotopic (exact) mass is 345 g/mol. The van der Waals surface area contributed by atoms with Crippen molar-refractivity contribution in [1.82, 2.24) is 14.7 Å². The van der Waals surface area contributed by atoms with Gasteiger partial charge in [0, 0.05) is 28.5 Å². The third kappa shape index (κ3) is 4.62. The summed E-state index contributed by atoms with van der Waals surface area (Å²) in [6.07, 6.45) is 4.56. The molecule has 4 nitrogen and oxygen atoms in total. The Kier molecular flexibility index (Phi) is 5.98. The van der Waals surface area contributed by atoms with Gasteiger partial charge < -0.3 is 5.11 Å². The SMILES string of the molecule is Cc1cccc(SC2CCN(Cc3cn(CCO)nc3C)CC2)c1. The van der Waals surface area contributed by atoms with Crippen molar-refractivity contribution in [3.05, 3.63) is 47.3 Å². The predicted octanol–water partition coefficient (Wildman–Crippen LogP) is 3.25. The number of aliphatic hydroxyl groups excluding tert-OH is 1. The van der Waals surface area contributed by atoms with Gasteiger partial charge in [-0.1, -0.05) is 17.7 Å². The van der Waals surface area contributed by atoms with E-state index in [1.807, 2.05) is 16.4 Å². The molecule has 1 aliphatic rings. The second-order valence-electron chi connectivity index (χ2n) is 6.64. The number of thioether (sulfide) groups is 1. The van der Waals surface area contributed by atoms with Gasteiger partial charge >= 0.3 is 0 Å². The number of benzene rings is 1. The van der Waals surface area contributed by atoms with Crippen molar-refractivity contribution in [3.63, 3.8) is 0 Å². The van der Waals surface area contributed by atoms with Crippen molar-refractivity contribution in [2.75, 3.05) is 19.7 Å². The van der Waals surface area contributed by atoms with Crippen LogP contribution in [-0.4, -0.2) is 44.7 Å². The van der Waals surface area contributed by atoms with Crippen LogP contribution in [0.2, 0.25) is 0 Å². The van der Waals surface area contributed by atoms with E-state index >= 15 is 0 Å². The van der Waals surface area contributed by atoms with Gasteiger partial charge in [-0.3, -0.25) is 9.58 Å². The highest BCUT2D eigenvalue weighted by Gasteiger charge is 2.21. The zero-order chi connectivity index (χ0) is 16.9. The number of aromatic nitrogens is 2. The number of hydrogen-bond acceptors (Lipinski definition) is 4. The molecule has 1 N–H and O–H groups in total. The van der Waals surface area contributed by atoms with Gasteiger partial charge in [0.25, 0.3) is 0 Å². The van der Waals surface area contributed by atoms with Crippen LogP contribution in [-0.2, 0) is 13.1 Å². The molecular weight excluding hydrogens is 318 g/mol. The molecule has 0 amide bonds. The quantitative estimate of drug-likeness (QED) is 0.873. The second-order valence-corrected chi connectivity index (χ2v) is 8.01. The lowest BCUT2D eigenvalue weighted by atomic mass is 10.1. The van der Waals surface area contributed by atoms with Crippen LogP contribution >= 0.6 is 11.8 Å². The number of rotatable bonds is 6. The number of piperidine rings is 1. The largest absolute Gasteiger partial charge is 0.394 e. The molecule has 1 fully saturated rings. The Labute approximate surface area is 148 Å². The molecule has 1 saturated heterocycles. The maximum absolute atomic E-state index is 9.04. The molecule has 130 valence electrons. The Morgan fingerprint density at radius 1 is 1.25 bits per heavy atom. The van der Waals surface area contributed by atoms with E-state index < -0.39 is 0 Å². The lowest BCUT2D eigenvalue weighted by molar-refractivity contribution is 0.224. The van der Waals surface area contributed by atoms with Crippen molar-refractivity contribution in [3.8, 4) is 0 Å². The summed E-state index contributed by atoms with van der Waals surface area (Å²) < 4.78 is 1.85. The Morgan fingerprint density at radius 3 is 2.75 bits per heavy atom. The highest BCUT2D eigenvalue weighted by atomic mass is 32.2. The minimum absolute atomic E-state index is 0.141. The number of aliphatic hydroxyl groups is 1. The molecule has 5 heteroatoms. The summed E-state index contributed by atoms with van der Waals surface area (Å²) in [6, 6.07) is 8.82. The lowest BCUT2D eigenvalue weighted by Gasteiger charge is -2.31. The fourth-order valence-electron chi connectivity index (χ4n) is 3.24. The molecule has 2 aromatic rings. The van der Waals surface area contributed by atoms with Gasteiger partial charge in [-0.05, 0) is 51.9 Å². The van der Waals surface area contributed by atoms with Crippen molar-refractivity contribution in [2.45, 2.75) is 49.9 Å². The molecule has 1 aliphatic heterocycles. The Morgan fingerprint density at radius 2 is 2.04 bits per heavy atom. The average Bonchev–Trinajstić information content (AvgIpc) is 2.89. The summed E-state index contributed by atoms with van der Waals surface area (Å²) in [5, 5.41) is 14.2. The topological polar surface area (TPSA) is 41.3 Å². The lowest BCUT2D eigenvalue weighted by Crippen LogP contribution is -2.34. The molecule has 0 aliphatic carbocycles. The number of hydrogen-bond donors (Lipinski definition) is 1. The van der Waals surface area contributed by atoms with Gasteiger partial charge in [-0.15, -0.1) is 11.8 Å². The standard InChI is InChI=1S/C19H27N3OS/c1-15-4-3-5-19(12-15)24-18-6-8-21(9-7-18)13-17-14-22(10-11-23)20-16(17)2/h3-5,12,14,18,23H,6-11,13H2,1-2H3. The minimum atomic E-state index is 0.141. The van der Waals surface area contributed by atoms with Crippen molar-refractivity contribution in [1.29, 1.82) is 0 Å². The van der Waals surface area contributed by atoms with Gasteiger partial charge in [0.2, 0.25) is 0 Å². The van der Waals surface area contributed by atoms with E-state index in [1.165, 1.54) is 28.9 Å². The summed E-state index contributed by atoms with van der Waals surface area (Å²) in [7, 11) is 0. The van der Waals surface area contributed by atoms with E-state index in [1.54, 1.807) is 0 Å². The van der Waals surface area contributed by atoms with E-state index in [4.69, 9.17) is 5.11 Å². The molecule has 0 radical (unpaired) electrons. The van der Waals surface area contributed by atoms with Gasteiger partial charge in [0.05, 0.1) is 18.8 Å². The van der Waals surface area contributed by atoms with Gasteiger partial charge in [-0.25, -0.2) is 0 Å². The molecule has 3 rings (SSSR count). The van der Waals surface area contributed by atoms with E-state index in [2.05, 4.69) is 54.3 Å². The van der Waals surface area contributed by atoms with Crippen molar-refractivity contribution in [2.24, 2.45) is 0 Å². The molecule has 2 heterocycles. The van der Waals surface area contributed by atoms with Crippen molar-refractivity contribution >= 4 is 11.8 Å². The first-order valence-corrected chi connectivity index (χ1v) is 9.61. The molecule has 0 unspecified atom stereocenters. The van der Waals surface area contributed by atoms with E-state index in [0.717, 1.165) is 30.6 Å². The maximum atomic E-state index is 9.04. The van der Waals surface area contributed by atoms with Gasteiger partial charge in [0.1, 0.15) is 0 Å². The molecule has 24 heavy (non-hydrogen) atoms. The molecule has 0 saturated carbocycles. The third-order valence-corrected chi connectivity index (χ3v) is 5.93. The fourth-order valence-corrected chi connectivity index (χ4v) is 4.48. The fraction of sp³-hybridized carbons (Fsp3) is 0.526. The molecule has 1 aromatic heterocycles. The summed E-state index contributed by atoms with van der Waals surface area (Å²) in [6.45, 7) is 8.20. The van der Waals surface area contributed by atoms with Crippen LogP contribution in [0.4, 0.5) is 0 Å². The first-order valence-electron chi connectivity index (χ1n) is 8.73. The maximum Gasteiger partial charge on any atom is 0.0641 e. The van der Waals surface area contributed by atoms with Gasteiger partial charge in [-0.2, -0.15) is 5.10 Å². The summed E-state index contributed by atoms with van der Waals surface area (Å²) in [5.74, 6) is 0. The van der Waals surface area contributed by atoms with Gasteiger partial charge in [0.15, 0.2) is 0 Å². The summed E-state index contributed by atoms with van der Waals surface area (Å²) in [5.41, 5.74) is 3.71. The Bertz CT molecular complexity index is 662. The Hall–Kier alpha value is -1.30. The van der Waals surface area contributed by atoms with Crippen LogP contribution in [0.1, 0.15) is 29.7 Å². The first kappa shape index (κ1) is 17.5. The predicted molar refractivity (Wildman–Crippen MR) is 99.4 cm³/mol. The summed E-state index contributed by atoms with van der Waals surface area (Å²) in [4.78, 5) is 3.93. The molecule has 1 aromatic carbocycles. The minimum Gasteiger partial charge on any atom is -0.394 e. The van der Waals surface area contributed by atoms with Crippen LogP contribution < -0.4 is 0 Å². The molecule has 0 atom stereocenters. The zero-order valence-electron chi connectivity index (χ0n) is 14.6. The second kappa shape index (κ2) is 8.19. The highest BCUT2D eigenvalue weighted by molar-refractivity contribution is 8.00. The highest BCUT2D eigenvalue weighted by Crippen LogP contribution is 2.31. The average molecular weight is 346 g/mol. The van der Waals surface area contributed by atoms with Crippen LogP contribution in [0.15, 0.2) is 35.4 Å². The first-order chi connectivity index (χ1) is 11.6. The van der Waals surface area contributed by atoms with E-state index in [0.29, 0.717) is 6.54 Å². The molecular formula is C19H27N3OS. The Balaban J connectivity index is 1.50. The smallest absolute Gasteiger partial charge is 0.0641 e. The zero-order valence-corrected chi connectivity index (χ0v) is 15.4. The number of nitrogens with zero attached hydrogens (tertiary/aromatic N) is 3. The van der Waals surface area contributed by atoms with E-state index in [9.17, 15) is 0 Å². The molecule has 0 spiro atoms. The van der Waals surface area contributed by atoms with Crippen LogP contribution in [0.3, 0.4) is 0 Å². The number of aryl methyl sites for hydroxylation is 2. The van der Waals surface area contributed by atoms with Crippen molar-refractivity contribution < 1.29 is 5.11 Å². The van der Waals surface area contributed by atoms with Crippen LogP contribution in [0.25, 0.3) is 0 Å². The van der Waals surface area contributed by atoms with Crippen LogP contribution in [0, 0.1) is 13.8 Å².